The maximum absolute atomic E-state index is 12.6. The number of rotatable bonds is 4. The van der Waals surface area contributed by atoms with E-state index in [9.17, 15) is 23.5 Å². The summed E-state index contributed by atoms with van der Waals surface area (Å²) in [6.07, 6.45) is -1.01. The zero-order valence-electron chi connectivity index (χ0n) is 10.8. The Morgan fingerprint density at radius 1 is 1.40 bits per heavy atom. The van der Waals surface area contributed by atoms with Gasteiger partial charge in [0.25, 0.3) is 0 Å². The van der Waals surface area contributed by atoms with Crippen molar-refractivity contribution in [2.75, 3.05) is 13.7 Å². The molecule has 2 atom stereocenters. The van der Waals surface area contributed by atoms with Crippen molar-refractivity contribution in [2.45, 2.75) is 22.3 Å². The fourth-order valence-corrected chi connectivity index (χ4v) is 4.22. The molecular formula is C12H15NO6S. The number of carboxylic acids is 1. The second kappa shape index (κ2) is 5.13. The van der Waals surface area contributed by atoms with E-state index in [2.05, 4.69) is 0 Å². The van der Waals surface area contributed by atoms with E-state index in [-0.39, 0.29) is 17.9 Å². The molecule has 1 heterocycles. The van der Waals surface area contributed by atoms with E-state index >= 15 is 0 Å². The van der Waals surface area contributed by atoms with Crippen LogP contribution in [0.15, 0.2) is 35.2 Å². The molecule has 1 saturated heterocycles. The monoisotopic (exact) mass is 301 g/mol. The normalized spacial score (nSPS) is 27.6. The Morgan fingerprint density at radius 2 is 2.00 bits per heavy atom. The minimum Gasteiger partial charge on any atom is -0.479 e. The van der Waals surface area contributed by atoms with E-state index in [0.717, 1.165) is 0 Å². The molecule has 0 bridgehead atoms. The number of sulfone groups is 1. The minimum atomic E-state index is -4.30. The Labute approximate surface area is 116 Å². The van der Waals surface area contributed by atoms with Crippen molar-refractivity contribution in [2.24, 2.45) is 0 Å². The van der Waals surface area contributed by atoms with Crippen molar-refractivity contribution in [3.05, 3.63) is 30.3 Å². The highest BCUT2D eigenvalue weighted by atomic mass is 32.2. The van der Waals surface area contributed by atoms with Gasteiger partial charge in [0.2, 0.25) is 14.7 Å². The molecule has 8 heteroatoms. The van der Waals surface area contributed by atoms with Gasteiger partial charge in [-0.2, -0.15) is 5.06 Å². The number of carboxylic acid groups (broad SMARTS) is 1. The number of ether oxygens (including phenoxy) is 1. The van der Waals surface area contributed by atoms with E-state index in [4.69, 9.17) is 4.74 Å². The zero-order valence-corrected chi connectivity index (χ0v) is 11.6. The maximum Gasteiger partial charge on any atom is 0.342 e. The third kappa shape index (κ3) is 2.01. The fraction of sp³-hybridized carbons (Fsp3) is 0.417. The summed E-state index contributed by atoms with van der Waals surface area (Å²) >= 11 is 0. The van der Waals surface area contributed by atoms with Crippen LogP contribution in [0.25, 0.3) is 0 Å². The lowest BCUT2D eigenvalue weighted by molar-refractivity contribution is -0.168. The largest absolute Gasteiger partial charge is 0.479 e. The van der Waals surface area contributed by atoms with Crippen molar-refractivity contribution in [1.82, 2.24) is 5.06 Å². The molecule has 110 valence electrons. The van der Waals surface area contributed by atoms with Gasteiger partial charge in [0, 0.05) is 13.5 Å². The number of benzene rings is 1. The summed E-state index contributed by atoms with van der Waals surface area (Å²) in [5, 5.41) is 19.6. The van der Waals surface area contributed by atoms with Gasteiger partial charge in [-0.1, -0.05) is 18.2 Å². The van der Waals surface area contributed by atoms with Crippen molar-refractivity contribution in [3.8, 4) is 0 Å². The van der Waals surface area contributed by atoms with Gasteiger partial charge in [0.15, 0.2) is 0 Å². The van der Waals surface area contributed by atoms with E-state index < -0.39 is 26.8 Å². The predicted molar refractivity (Wildman–Crippen MR) is 67.9 cm³/mol. The molecular weight excluding hydrogens is 286 g/mol. The van der Waals surface area contributed by atoms with Gasteiger partial charge in [0.1, 0.15) is 0 Å². The lowest BCUT2D eigenvalue weighted by Gasteiger charge is -2.29. The van der Waals surface area contributed by atoms with E-state index in [1.54, 1.807) is 6.07 Å². The van der Waals surface area contributed by atoms with E-state index in [1.165, 1.54) is 31.4 Å². The molecule has 0 saturated carbocycles. The first-order chi connectivity index (χ1) is 9.36. The van der Waals surface area contributed by atoms with Crippen molar-refractivity contribution >= 4 is 15.8 Å². The van der Waals surface area contributed by atoms with Gasteiger partial charge in [-0.3, -0.25) is 0 Å². The van der Waals surface area contributed by atoms with E-state index in [0.29, 0.717) is 5.06 Å². The van der Waals surface area contributed by atoms with Gasteiger partial charge in [-0.15, -0.1) is 0 Å². The van der Waals surface area contributed by atoms with Crippen LogP contribution in [0.3, 0.4) is 0 Å². The molecule has 20 heavy (non-hydrogen) atoms. The fourth-order valence-electron chi connectivity index (χ4n) is 2.33. The summed E-state index contributed by atoms with van der Waals surface area (Å²) < 4.78 is 30.3. The molecule has 1 fully saturated rings. The highest BCUT2D eigenvalue weighted by Crippen LogP contribution is 2.38. The highest BCUT2D eigenvalue weighted by molar-refractivity contribution is 7.93. The number of aliphatic carboxylic acids is 1. The smallest absolute Gasteiger partial charge is 0.342 e. The summed E-state index contributed by atoms with van der Waals surface area (Å²) in [6, 6.07) is 7.21. The molecule has 0 spiro atoms. The molecule has 0 radical (unpaired) electrons. The molecule has 0 amide bonds. The number of methoxy groups -OCH3 is 1. The quantitative estimate of drug-likeness (QED) is 0.827. The Kier molecular flexibility index (Phi) is 3.83. The molecule has 0 aromatic heterocycles. The topological polar surface area (TPSA) is 104 Å². The average Bonchev–Trinajstić information content (AvgIpc) is 2.78. The summed E-state index contributed by atoms with van der Waals surface area (Å²) in [5.74, 6) is -1.62. The lowest BCUT2D eigenvalue weighted by atomic mass is 10.2. The Balaban J connectivity index is 2.58. The van der Waals surface area contributed by atoms with Crippen LogP contribution in [0.4, 0.5) is 0 Å². The average molecular weight is 301 g/mol. The molecule has 0 aliphatic carbocycles. The van der Waals surface area contributed by atoms with Gasteiger partial charge in [0.05, 0.1) is 17.5 Å². The molecule has 7 nitrogen and oxygen atoms in total. The molecule has 2 rings (SSSR count). The van der Waals surface area contributed by atoms with Crippen LogP contribution >= 0.6 is 0 Å². The molecule has 2 N–H and O–H groups in total. The minimum absolute atomic E-state index is 0.154. The SMILES string of the molecule is CO[C@H]1CN(O)[C@@](C(=O)O)(S(=O)(=O)c2ccccc2)C1. The standard InChI is InChI=1S/C12H15NO6S/c1-19-9-7-12(11(14)15,13(16)8-9)20(17,18)10-5-3-2-4-6-10/h2-6,9,16H,7-8H2,1H3,(H,14,15)/t9-,12-/m1/s1. The molecule has 1 aliphatic rings. The van der Waals surface area contributed by atoms with Crippen LogP contribution in [-0.2, 0) is 19.4 Å². The van der Waals surface area contributed by atoms with Crippen molar-refractivity contribution in [3.63, 3.8) is 0 Å². The Morgan fingerprint density at radius 3 is 2.45 bits per heavy atom. The summed E-state index contributed by atoms with van der Waals surface area (Å²) in [7, 11) is -2.96. The first kappa shape index (κ1) is 14.9. The van der Waals surface area contributed by atoms with Crippen LogP contribution in [-0.4, -0.2) is 54.4 Å². The van der Waals surface area contributed by atoms with Crippen LogP contribution in [0.2, 0.25) is 0 Å². The first-order valence-corrected chi connectivity index (χ1v) is 7.37. The highest BCUT2D eigenvalue weighted by Gasteiger charge is 2.62. The zero-order chi connectivity index (χ0) is 15.0. The third-order valence-corrected chi connectivity index (χ3v) is 5.80. The molecule has 0 unspecified atom stereocenters. The maximum atomic E-state index is 12.6. The third-order valence-electron chi connectivity index (χ3n) is 3.46. The Bertz CT molecular complexity index is 602. The summed E-state index contributed by atoms with van der Waals surface area (Å²) in [6.45, 7) is -0.186. The molecule has 1 aromatic carbocycles. The van der Waals surface area contributed by atoms with Crippen LogP contribution in [0.5, 0.6) is 0 Å². The van der Waals surface area contributed by atoms with Crippen molar-refractivity contribution in [1.29, 1.82) is 0 Å². The number of carbonyl (C=O) groups is 1. The van der Waals surface area contributed by atoms with Crippen LogP contribution < -0.4 is 0 Å². The first-order valence-electron chi connectivity index (χ1n) is 5.88. The summed E-state index contributed by atoms with van der Waals surface area (Å²) in [4.78, 5) is 9.00. The van der Waals surface area contributed by atoms with Crippen LogP contribution in [0, 0.1) is 0 Å². The second-order valence-corrected chi connectivity index (χ2v) is 6.70. The number of hydrogen-bond donors (Lipinski definition) is 2. The number of hydrogen-bond acceptors (Lipinski definition) is 6. The van der Waals surface area contributed by atoms with Crippen molar-refractivity contribution < 1.29 is 28.3 Å². The second-order valence-electron chi connectivity index (χ2n) is 4.55. The van der Waals surface area contributed by atoms with Crippen LogP contribution in [0.1, 0.15) is 6.42 Å². The Hall–Kier alpha value is -1.48. The predicted octanol–water partition coefficient (Wildman–Crippen LogP) is 0.351. The summed E-state index contributed by atoms with van der Waals surface area (Å²) in [5.41, 5.74) is 0. The van der Waals surface area contributed by atoms with E-state index in [1.807, 2.05) is 0 Å². The number of nitrogens with zero attached hydrogens (tertiary/aromatic N) is 1. The van der Waals surface area contributed by atoms with Gasteiger partial charge in [-0.25, -0.2) is 13.2 Å². The van der Waals surface area contributed by atoms with Gasteiger partial charge in [-0.05, 0) is 12.1 Å². The molecule has 1 aliphatic heterocycles. The lowest BCUT2D eigenvalue weighted by Crippen LogP contribution is -2.55. The van der Waals surface area contributed by atoms with Gasteiger partial charge < -0.3 is 15.1 Å². The molecule has 1 aromatic rings. The number of hydroxylamine groups is 2. The van der Waals surface area contributed by atoms with Gasteiger partial charge >= 0.3 is 5.97 Å².